The van der Waals surface area contributed by atoms with Crippen molar-refractivity contribution in [2.24, 2.45) is 0 Å². The first-order chi connectivity index (χ1) is 22.5. The third kappa shape index (κ3) is 9.60. The molecule has 0 aliphatic carbocycles. The van der Waals surface area contributed by atoms with Gasteiger partial charge >= 0.3 is 0 Å². The van der Waals surface area contributed by atoms with Crippen molar-refractivity contribution in [3.63, 3.8) is 0 Å². The van der Waals surface area contributed by atoms with E-state index in [-0.39, 0.29) is 29.7 Å². The predicted molar refractivity (Wildman–Crippen MR) is 190 cm³/mol. The first-order valence-corrected chi connectivity index (χ1v) is 17.9. The number of amides is 2. The molecule has 47 heavy (non-hydrogen) atoms. The molecule has 0 aliphatic rings. The largest absolute Gasteiger partial charge is 0.354 e. The van der Waals surface area contributed by atoms with Crippen molar-refractivity contribution in [1.82, 2.24) is 10.2 Å². The van der Waals surface area contributed by atoms with Gasteiger partial charge in [0.1, 0.15) is 12.6 Å². The van der Waals surface area contributed by atoms with Crippen LogP contribution < -0.4 is 9.62 Å². The van der Waals surface area contributed by atoms with E-state index in [4.69, 9.17) is 23.2 Å². The van der Waals surface area contributed by atoms with Gasteiger partial charge in [-0.2, -0.15) is 0 Å². The number of unbranched alkanes of at least 4 members (excludes halogenated alkanes) is 1. The molecule has 0 aromatic heterocycles. The number of nitrogens with one attached hydrogen (secondary N) is 1. The van der Waals surface area contributed by atoms with E-state index in [1.807, 2.05) is 49.4 Å². The number of rotatable bonds is 15. The molecule has 4 aromatic rings. The second-order valence-corrected chi connectivity index (χ2v) is 14.4. The average molecular weight is 695 g/mol. The van der Waals surface area contributed by atoms with Crippen molar-refractivity contribution in [2.45, 2.75) is 63.4 Å². The molecule has 4 aromatic carbocycles. The van der Waals surface area contributed by atoms with Crippen molar-refractivity contribution in [1.29, 1.82) is 0 Å². The predicted octanol–water partition coefficient (Wildman–Crippen LogP) is 7.87. The average Bonchev–Trinajstić information content (AvgIpc) is 3.07. The van der Waals surface area contributed by atoms with E-state index in [2.05, 4.69) is 19.2 Å². The monoisotopic (exact) mass is 693 g/mol. The van der Waals surface area contributed by atoms with Gasteiger partial charge in [0.25, 0.3) is 10.0 Å². The van der Waals surface area contributed by atoms with Crippen molar-refractivity contribution >= 4 is 50.7 Å². The Balaban J connectivity index is 1.81. The zero-order chi connectivity index (χ0) is 34.0. The van der Waals surface area contributed by atoms with Gasteiger partial charge in [0.15, 0.2) is 0 Å². The fourth-order valence-electron chi connectivity index (χ4n) is 5.17. The topological polar surface area (TPSA) is 86.8 Å². The molecule has 0 spiro atoms. The molecule has 0 bridgehead atoms. The van der Waals surface area contributed by atoms with E-state index in [1.165, 1.54) is 17.0 Å². The fourth-order valence-corrected chi connectivity index (χ4v) is 7.07. The van der Waals surface area contributed by atoms with Gasteiger partial charge in [-0.25, -0.2) is 8.42 Å². The zero-order valence-electron chi connectivity index (χ0n) is 26.9. The molecule has 0 heterocycles. The summed E-state index contributed by atoms with van der Waals surface area (Å²) in [5.41, 5.74) is 2.79. The summed E-state index contributed by atoms with van der Waals surface area (Å²) in [5, 5.41) is 3.75. The molecule has 0 fully saturated rings. The summed E-state index contributed by atoms with van der Waals surface area (Å²) in [6.45, 7) is 5.99. The quantitative estimate of drug-likeness (QED) is 0.128. The number of carbonyl (C=O) groups is 2. The van der Waals surface area contributed by atoms with Crippen LogP contribution in [0.1, 0.15) is 56.2 Å². The number of halogens is 2. The van der Waals surface area contributed by atoms with Crippen LogP contribution in [0.2, 0.25) is 10.0 Å². The minimum Gasteiger partial charge on any atom is -0.354 e. The van der Waals surface area contributed by atoms with E-state index in [1.54, 1.807) is 48.5 Å². The van der Waals surface area contributed by atoms with Gasteiger partial charge in [-0.3, -0.25) is 13.9 Å². The molecule has 4 rings (SSSR count). The van der Waals surface area contributed by atoms with Crippen LogP contribution in [0.3, 0.4) is 0 Å². The van der Waals surface area contributed by atoms with Crippen LogP contribution >= 0.6 is 23.2 Å². The molecular formula is C37H41Cl2N3O4S. The minimum atomic E-state index is -4.18. The van der Waals surface area contributed by atoms with E-state index in [0.717, 1.165) is 28.3 Å². The van der Waals surface area contributed by atoms with Crippen LogP contribution in [0.15, 0.2) is 108 Å². The second-order valence-electron chi connectivity index (χ2n) is 11.7. The Bertz CT molecular complexity index is 1730. The lowest BCUT2D eigenvalue weighted by molar-refractivity contribution is -0.140. The fraction of sp³-hybridized carbons (Fsp3) is 0.297. The van der Waals surface area contributed by atoms with Crippen LogP contribution in [0.5, 0.6) is 0 Å². The molecule has 248 valence electrons. The number of benzene rings is 4. The van der Waals surface area contributed by atoms with Crippen LogP contribution in [0.4, 0.5) is 5.69 Å². The Morgan fingerprint density at radius 1 is 0.851 bits per heavy atom. The number of hydrogen-bond acceptors (Lipinski definition) is 4. The first kappa shape index (κ1) is 36.0. The highest BCUT2D eigenvalue weighted by Gasteiger charge is 2.35. The second kappa shape index (κ2) is 16.8. The molecule has 2 amide bonds. The van der Waals surface area contributed by atoms with Crippen molar-refractivity contribution in [3.8, 4) is 0 Å². The van der Waals surface area contributed by atoms with E-state index in [0.29, 0.717) is 27.8 Å². The summed E-state index contributed by atoms with van der Waals surface area (Å²) >= 11 is 12.8. The number of sulfonamides is 1. The third-order valence-electron chi connectivity index (χ3n) is 7.91. The number of hydrogen-bond donors (Lipinski definition) is 1. The van der Waals surface area contributed by atoms with Gasteiger partial charge in [-0.1, -0.05) is 117 Å². The molecule has 1 unspecified atom stereocenters. The van der Waals surface area contributed by atoms with Crippen LogP contribution in [-0.4, -0.2) is 44.3 Å². The van der Waals surface area contributed by atoms with Crippen LogP contribution in [-0.2, 0) is 32.6 Å². The van der Waals surface area contributed by atoms with Crippen LogP contribution in [0, 0.1) is 0 Å². The summed E-state index contributed by atoms with van der Waals surface area (Å²) < 4.78 is 29.4. The molecule has 1 atom stereocenters. The SMILES string of the molecule is CCCCNC(=O)C(Cc1ccccc1)N(Cc1ccc(Cl)cc1Cl)C(=O)CN(c1ccc(C(C)C)cc1)S(=O)(=O)c1ccccc1. The maximum atomic E-state index is 14.6. The Kier molecular flexibility index (Phi) is 12.9. The third-order valence-corrected chi connectivity index (χ3v) is 10.3. The summed E-state index contributed by atoms with van der Waals surface area (Å²) in [5.74, 6) is -0.663. The zero-order valence-corrected chi connectivity index (χ0v) is 29.2. The minimum absolute atomic E-state index is 0.0426. The molecule has 7 nitrogen and oxygen atoms in total. The molecule has 0 saturated carbocycles. The molecule has 10 heteroatoms. The highest BCUT2D eigenvalue weighted by molar-refractivity contribution is 7.92. The highest BCUT2D eigenvalue weighted by atomic mass is 35.5. The molecule has 0 radical (unpaired) electrons. The summed E-state index contributed by atoms with van der Waals surface area (Å²) in [4.78, 5) is 30.0. The normalized spacial score (nSPS) is 12.0. The maximum Gasteiger partial charge on any atom is 0.264 e. The number of nitrogens with zero attached hydrogens (tertiary/aromatic N) is 2. The Morgan fingerprint density at radius 3 is 2.09 bits per heavy atom. The summed E-state index contributed by atoms with van der Waals surface area (Å²) in [6, 6.07) is 28.6. The van der Waals surface area contributed by atoms with E-state index >= 15 is 0 Å². The van der Waals surface area contributed by atoms with Gasteiger partial charge in [0.2, 0.25) is 11.8 Å². The first-order valence-electron chi connectivity index (χ1n) is 15.7. The van der Waals surface area contributed by atoms with Gasteiger partial charge in [0, 0.05) is 29.6 Å². The van der Waals surface area contributed by atoms with Crippen molar-refractivity contribution in [2.75, 3.05) is 17.4 Å². The molecule has 1 N–H and O–H groups in total. The smallest absolute Gasteiger partial charge is 0.264 e. The highest BCUT2D eigenvalue weighted by Crippen LogP contribution is 2.28. The van der Waals surface area contributed by atoms with E-state index in [9.17, 15) is 18.0 Å². The Hall–Kier alpha value is -3.85. The Labute approximate surface area is 288 Å². The van der Waals surface area contributed by atoms with Gasteiger partial charge < -0.3 is 10.2 Å². The lowest BCUT2D eigenvalue weighted by Gasteiger charge is -2.34. The summed E-state index contributed by atoms with van der Waals surface area (Å²) in [7, 11) is -4.18. The summed E-state index contributed by atoms with van der Waals surface area (Å²) in [6.07, 6.45) is 1.87. The number of anilines is 1. The van der Waals surface area contributed by atoms with Crippen LogP contribution in [0.25, 0.3) is 0 Å². The van der Waals surface area contributed by atoms with Gasteiger partial charge in [0.05, 0.1) is 10.6 Å². The van der Waals surface area contributed by atoms with E-state index < -0.39 is 28.5 Å². The molecule has 0 saturated heterocycles. The number of carbonyl (C=O) groups excluding carboxylic acids is 2. The lowest BCUT2D eigenvalue weighted by atomic mass is 10.0. The molecular weight excluding hydrogens is 653 g/mol. The van der Waals surface area contributed by atoms with Gasteiger partial charge in [-0.05, 0) is 65.4 Å². The molecule has 0 aliphatic heterocycles. The standard InChI is InChI=1S/C37H41Cl2N3O4S/c1-4-5-22-40-37(44)35(23-28-12-8-6-9-13-28)41(25-30-16-19-31(38)24-34(30)39)36(43)26-42(32-20-17-29(18-21-32)27(2)3)47(45,46)33-14-10-7-11-15-33/h6-21,24,27,35H,4-5,22-23,25-26H2,1-3H3,(H,40,44). The lowest BCUT2D eigenvalue weighted by Crippen LogP contribution is -2.53. The van der Waals surface area contributed by atoms with Gasteiger partial charge in [-0.15, -0.1) is 0 Å². The van der Waals surface area contributed by atoms with Crippen molar-refractivity contribution in [3.05, 3.63) is 130 Å². The Morgan fingerprint density at radius 2 is 1.49 bits per heavy atom. The van der Waals surface area contributed by atoms with Crippen molar-refractivity contribution < 1.29 is 18.0 Å². The maximum absolute atomic E-state index is 14.6.